The average molecular weight is 314 g/mol. The van der Waals surface area contributed by atoms with Gasteiger partial charge in [-0.3, -0.25) is 9.59 Å². The molecule has 6 heteroatoms. The lowest BCUT2D eigenvalue weighted by molar-refractivity contribution is -0.142. The van der Waals surface area contributed by atoms with Crippen LogP contribution in [0.3, 0.4) is 0 Å². The molecule has 0 aliphatic heterocycles. The number of fused-ring (bicyclic) bond motifs is 1. The van der Waals surface area contributed by atoms with E-state index in [1.807, 2.05) is 42.5 Å². The van der Waals surface area contributed by atoms with E-state index < -0.39 is 23.8 Å². The molecular formula is C17H18N2O4. The summed E-state index contributed by atoms with van der Waals surface area (Å²) in [6.45, 7) is 0. The standard InChI is InChI=1S/C17H18N2O4/c18-15(20)8-7-14(17(22)23)19-16(21)10-11-5-6-12-3-1-2-4-13(12)9-11/h1-6,9,14H,7-8,10H2,(H2,18,20)(H,19,21)(H,22,23)/t14-/m0/s1. The third-order valence-corrected chi connectivity index (χ3v) is 3.49. The van der Waals surface area contributed by atoms with Crippen molar-refractivity contribution < 1.29 is 19.5 Å². The number of nitrogens with one attached hydrogen (secondary N) is 1. The second-order valence-corrected chi connectivity index (χ2v) is 5.32. The number of amides is 2. The van der Waals surface area contributed by atoms with Gasteiger partial charge < -0.3 is 16.2 Å². The van der Waals surface area contributed by atoms with Gasteiger partial charge in [-0.05, 0) is 22.8 Å². The summed E-state index contributed by atoms with van der Waals surface area (Å²) >= 11 is 0. The summed E-state index contributed by atoms with van der Waals surface area (Å²) < 4.78 is 0. The van der Waals surface area contributed by atoms with E-state index in [0.717, 1.165) is 16.3 Å². The Labute approximate surface area is 133 Å². The Hall–Kier alpha value is -2.89. The highest BCUT2D eigenvalue weighted by molar-refractivity contribution is 5.87. The molecule has 4 N–H and O–H groups in total. The summed E-state index contributed by atoms with van der Waals surface area (Å²) in [5, 5.41) is 13.6. The second kappa shape index (κ2) is 7.40. The molecule has 0 heterocycles. The van der Waals surface area contributed by atoms with E-state index in [-0.39, 0.29) is 19.3 Å². The Morgan fingerprint density at radius 3 is 2.43 bits per heavy atom. The van der Waals surface area contributed by atoms with Gasteiger partial charge in [-0.2, -0.15) is 0 Å². The Morgan fingerprint density at radius 2 is 1.78 bits per heavy atom. The van der Waals surface area contributed by atoms with Gasteiger partial charge in [-0.15, -0.1) is 0 Å². The number of carboxylic acid groups (broad SMARTS) is 1. The number of carboxylic acids is 1. The van der Waals surface area contributed by atoms with Gasteiger partial charge in [-0.25, -0.2) is 4.79 Å². The molecule has 6 nitrogen and oxygen atoms in total. The third kappa shape index (κ3) is 4.81. The van der Waals surface area contributed by atoms with Crippen LogP contribution in [0.1, 0.15) is 18.4 Å². The van der Waals surface area contributed by atoms with Crippen molar-refractivity contribution in [3.63, 3.8) is 0 Å². The number of nitrogens with two attached hydrogens (primary N) is 1. The van der Waals surface area contributed by atoms with Crippen LogP contribution in [0.15, 0.2) is 42.5 Å². The van der Waals surface area contributed by atoms with Crippen LogP contribution in [0, 0.1) is 0 Å². The van der Waals surface area contributed by atoms with Crippen LogP contribution >= 0.6 is 0 Å². The van der Waals surface area contributed by atoms with Crippen molar-refractivity contribution in [2.45, 2.75) is 25.3 Å². The van der Waals surface area contributed by atoms with Crippen molar-refractivity contribution in [1.82, 2.24) is 5.32 Å². The molecule has 0 saturated carbocycles. The summed E-state index contributed by atoms with van der Waals surface area (Å²) in [7, 11) is 0. The maximum Gasteiger partial charge on any atom is 0.326 e. The minimum absolute atomic E-state index is 0.0197. The second-order valence-electron chi connectivity index (χ2n) is 5.32. The molecule has 0 unspecified atom stereocenters. The lowest BCUT2D eigenvalue weighted by Gasteiger charge is -2.14. The first kappa shape index (κ1) is 16.5. The molecular weight excluding hydrogens is 296 g/mol. The SMILES string of the molecule is NC(=O)CC[C@H](NC(=O)Cc1ccc2ccccc2c1)C(=O)O. The molecule has 0 spiro atoms. The number of carbonyl (C=O) groups excluding carboxylic acids is 2. The van der Waals surface area contributed by atoms with E-state index in [9.17, 15) is 14.4 Å². The van der Waals surface area contributed by atoms with Crippen LogP contribution in [-0.4, -0.2) is 28.9 Å². The molecule has 0 fully saturated rings. The lowest BCUT2D eigenvalue weighted by Crippen LogP contribution is -2.42. The zero-order valence-electron chi connectivity index (χ0n) is 12.5. The molecule has 0 aliphatic carbocycles. The number of primary amides is 1. The zero-order chi connectivity index (χ0) is 16.8. The fraction of sp³-hybridized carbons (Fsp3) is 0.235. The van der Waals surface area contributed by atoms with Crippen LogP contribution in [-0.2, 0) is 20.8 Å². The van der Waals surface area contributed by atoms with Crippen molar-refractivity contribution >= 4 is 28.6 Å². The fourth-order valence-corrected chi connectivity index (χ4v) is 2.32. The van der Waals surface area contributed by atoms with Crippen LogP contribution in [0.5, 0.6) is 0 Å². The van der Waals surface area contributed by atoms with E-state index in [1.54, 1.807) is 0 Å². The highest BCUT2D eigenvalue weighted by Crippen LogP contribution is 2.16. The molecule has 2 aromatic carbocycles. The number of hydrogen-bond acceptors (Lipinski definition) is 3. The summed E-state index contributed by atoms with van der Waals surface area (Å²) in [6.07, 6.45) is -0.0352. The van der Waals surface area contributed by atoms with E-state index in [0.29, 0.717) is 0 Å². The topological polar surface area (TPSA) is 109 Å². The Balaban J connectivity index is 2.01. The van der Waals surface area contributed by atoms with E-state index in [4.69, 9.17) is 10.8 Å². The van der Waals surface area contributed by atoms with Gasteiger partial charge in [0.15, 0.2) is 0 Å². The fourth-order valence-electron chi connectivity index (χ4n) is 2.32. The average Bonchev–Trinajstić information content (AvgIpc) is 2.50. The Morgan fingerprint density at radius 1 is 1.09 bits per heavy atom. The predicted octanol–water partition coefficient (Wildman–Crippen LogP) is 1.22. The van der Waals surface area contributed by atoms with Crippen LogP contribution in [0.4, 0.5) is 0 Å². The Kier molecular flexibility index (Phi) is 5.30. The summed E-state index contributed by atoms with van der Waals surface area (Å²) in [5.74, 6) is -2.18. The van der Waals surface area contributed by atoms with Gasteiger partial charge in [0.05, 0.1) is 6.42 Å². The number of hydrogen-bond donors (Lipinski definition) is 3. The van der Waals surface area contributed by atoms with Crippen molar-refractivity contribution in [3.8, 4) is 0 Å². The zero-order valence-corrected chi connectivity index (χ0v) is 12.5. The predicted molar refractivity (Wildman–Crippen MR) is 85.6 cm³/mol. The summed E-state index contributed by atoms with van der Waals surface area (Å²) in [6, 6.07) is 12.3. The van der Waals surface area contributed by atoms with Gasteiger partial charge in [-0.1, -0.05) is 42.5 Å². The van der Waals surface area contributed by atoms with Gasteiger partial charge >= 0.3 is 5.97 Å². The van der Waals surface area contributed by atoms with Crippen LogP contribution < -0.4 is 11.1 Å². The quantitative estimate of drug-likeness (QED) is 0.713. The van der Waals surface area contributed by atoms with E-state index in [2.05, 4.69) is 5.32 Å². The molecule has 0 radical (unpaired) electrons. The molecule has 0 aromatic heterocycles. The van der Waals surface area contributed by atoms with Crippen LogP contribution in [0.25, 0.3) is 10.8 Å². The van der Waals surface area contributed by atoms with Crippen molar-refractivity contribution in [2.75, 3.05) is 0 Å². The van der Waals surface area contributed by atoms with Crippen LogP contribution in [0.2, 0.25) is 0 Å². The number of carbonyl (C=O) groups is 3. The maximum atomic E-state index is 12.0. The van der Waals surface area contributed by atoms with Crippen molar-refractivity contribution in [2.24, 2.45) is 5.73 Å². The highest BCUT2D eigenvalue weighted by Gasteiger charge is 2.20. The van der Waals surface area contributed by atoms with Crippen molar-refractivity contribution in [3.05, 3.63) is 48.0 Å². The van der Waals surface area contributed by atoms with Gasteiger partial charge in [0.2, 0.25) is 11.8 Å². The maximum absolute atomic E-state index is 12.0. The van der Waals surface area contributed by atoms with Gasteiger partial charge in [0.1, 0.15) is 6.04 Å². The smallest absolute Gasteiger partial charge is 0.326 e. The monoisotopic (exact) mass is 314 g/mol. The molecule has 0 bridgehead atoms. The number of benzene rings is 2. The summed E-state index contributed by atoms with van der Waals surface area (Å²) in [4.78, 5) is 33.9. The van der Waals surface area contributed by atoms with Gasteiger partial charge in [0, 0.05) is 6.42 Å². The first-order chi connectivity index (χ1) is 11.0. The van der Waals surface area contributed by atoms with Crippen molar-refractivity contribution in [1.29, 1.82) is 0 Å². The van der Waals surface area contributed by atoms with Gasteiger partial charge in [0.25, 0.3) is 0 Å². The molecule has 23 heavy (non-hydrogen) atoms. The largest absolute Gasteiger partial charge is 0.480 e. The third-order valence-electron chi connectivity index (χ3n) is 3.49. The number of rotatable bonds is 7. The number of aliphatic carboxylic acids is 1. The lowest BCUT2D eigenvalue weighted by atomic mass is 10.0. The van der Waals surface area contributed by atoms with E-state index in [1.165, 1.54) is 0 Å². The molecule has 0 aliphatic rings. The normalized spacial score (nSPS) is 11.8. The summed E-state index contributed by atoms with van der Waals surface area (Å²) in [5.41, 5.74) is 5.80. The molecule has 2 rings (SSSR count). The minimum Gasteiger partial charge on any atom is -0.480 e. The molecule has 0 saturated heterocycles. The molecule has 2 aromatic rings. The molecule has 2 amide bonds. The highest BCUT2D eigenvalue weighted by atomic mass is 16.4. The molecule has 1 atom stereocenters. The minimum atomic E-state index is -1.18. The Bertz CT molecular complexity index is 742. The van der Waals surface area contributed by atoms with E-state index >= 15 is 0 Å². The first-order valence-corrected chi connectivity index (χ1v) is 7.24. The molecule has 120 valence electrons. The first-order valence-electron chi connectivity index (χ1n) is 7.24.